The minimum Gasteiger partial charge on any atom is -0.478 e. The van der Waals surface area contributed by atoms with Crippen LogP contribution >= 0.6 is 12.4 Å². The zero-order valence-electron chi connectivity index (χ0n) is 18.0. The third-order valence-corrected chi connectivity index (χ3v) is 5.05. The molecule has 0 aliphatic carbocycles. The number of carbonyl (C=O) groups is 2. The molecule has 0 bridgehead atoms. The maximum absolute atomic E-state index is 13.0. The van der Waals surface area contributed by atoms with Gasteiger partial charge in [0.15, 0.2) is 0 Å². The first kappa shape index (κ1) is 25.4. The number of nitrogens with one attached hydrogen (secondary N) is 1. The van der Waals surface area contributed by atoms with Crippen molar-refractivity contribution in [3.05, 3.63) is 104 Å². The lowest BCUT2D eigenvalue weighted by Crippen LogP contribution is -2.31. The smallest absolute Gasteiger partial charge is 0.337 e. The number of benzene rings is 2. The van der Waals surface area contributed by atoms with Gasteiger partial charge >= 0.3 is 11.9 Å². The number of rotatable bonds is 7. The van der Waals surface area contributed by atoms with Gasteiger partial charge in [-0.15, -0.1) is 12.4 Å². The van der Waals surface area contributed by atoms with Crippen LogP contribution < -0.4 is 5.32 Å². The number of nitro benzene ring substituents is 1. The molecule has 1 aliphatic heterocycles. The quantitative estimate of drug-likeness (QED) is 0.345. The van der Waals surface area contributed by atoms with Gasteiger partial charge in [0.25, 0.3) is 5.69 Å². The summed E-state index contributed by atoms with van der Waals surface area (Å²) in [6.07, 6.45) is 3.49. The second-order valence-corrected chi connectivity index (χ2v) is 7.20. The van der Waals surface area contributed by atoms with Gasteiger partial charge in [-0.05, 0) is 31.1 Å². The monoisotopic (exact) mass is 470 g/mol. The van der Waals surface area contributed by atoms with E-state index in [2.05, 4.69) is 5.32 Å². The Morgan fingerprint density at radius 1 is 1.09 bits per heavy atom. The van der Waals surface area contributed by atoms with Gasteiger partial charge in [-0.25, -0.2) is 9.59 Å². The van der Waals surface area contributed by atoms with Crippen LogP contribution in [0.25, 0.3) is 6.08 Å². The van der Waals surface area contributed by atoms with Crippen molar-refractivity contribution in [2.24, 2.45) is 0 Å². The molecule has 8 nitrogen and oxygen atoms in total. The predicted octanol–water partition coefficient (Wildman–Crippen LogP) is 4.59. The second-order valence-electron chi connectivity index (χ2n) is 7.20. The number of aliphatic carboxylic acids is 1. The highest BCUT2D eigenvalue weighted by Crippen LogP contribution is 2.39. The summed E-state index contributed by atoms with van der Waals surface area (Å²) in [6.45, 7) is 3.21. The summed E-state index contributed by atoms with van der Waals surface area (Å²) >= 11 is 0. The van der Waals surface area contributed by atoms with E-state index in [1.807, 2.05) is 30.3 Å². The fourth-order valence-corrected chi connectivity index (χ4v) is 3.65. The molecular weight excluding hydrogens is 448 g/mol. The summed E-state index contributed by atoms with van der Waals surface area (Å²) in [5.74, 6) is -2.94. The molecule has 9 heteroatoms. The number of non-ortho nitro benzene ring substituents is 1. The summed E-state index contributed by atoms with van der Waals surface area (Å²) < 4.78 is 5.39. The molecule has 2 N–H and O–H groups in total. The number of carboxylic acid groups (broad SMARTS) is 1. The Morgan fingerprint density at radius 2 is 1.76 bits per heavy atom. The van der Waals surface area contributed by atoms with Crippen molar-refractivity contribution in [1.29, 1.82) is 0 Å². The SMILES string of the molecule is CC1=C(C(=O)O)C(c2cccc([N+](=O)[O-])c2)C(C(=O)OCC=Cc2ccccc2)=C(C)N1.Cl. The summed E-state index contributed by atoms with van der Waals surface area (Å²) in [6, 6.07) is 15.1. The van der Waals surface area contributed by atoms with Crippen LogP contribution in [0.1, 0.15) is 30.9 Å². The molecule has 2 aromatic carbocycles. The third kappa shape index (κ3) is 5.87. The third-order valence-electron chi connectivity index (χ3n) is 5.05. The number of ether oxygens (including phenoxy) is 1. The molecule has 3 rings (SSSR count). The van der Waals surface area contributed by atoms with Gasteiger partial charge in [0.05, 0.1) is 22.0 Å². The lowest BCUT2D eigenvalue weighted by Gasteiger charge is -2.29. The van der Waals surface area contributed by atoms with Crippen LogP contribution in [0.3, 0.4) is 0 Å². The highest BCUT2D eigenvalue weighted by molar-refractivity contribution is 5.99. The average molecular weight is 471 g/mol. The van der Waals surface area contributed by atoms with Crippen molar-refractivity contribution in [2.75, 3.05) is 6.61 Å². The van der Waals surface area contributed by atoms with Crippen LogP contribution in [0, 0.1) is 10.1 Å². The van der Waals surface area contributed by atoms with E-state index in [1.54, 1.807) is 32.1 Å². The maximum atomic E-state index is 13.0. The van der Waals surface area contributed by atoms with Crippen molar-refractivity contribution in [3.8, 4) is 0 Å². The number of nitrogens with zero attached hydrogens (tertiary/aromatic N) is 1. The molecule has 0 saturated heterocycles. The van der Waals surface area contributed by atoms with E-state index in [4.69, 9.17) is 4.74 Å². The molecule has 1 atom stereocenters. The summed E-state index contributed by atoms with van der Waals surface area (Å²) in [5.41, 5.74) is 1.89. The van der Waals surface area contributed by atoms with Crippen LogP contribution in [0.4, 0.5) is 5.69 Å². The zero-order valence-corrected chi connectivity index (χ0v) is 18.8. The highest BCUT2D eigenvalue weighted by atomic mass is 35.5. The largest absolute Gasteiger partial charge is 0.478 e. The molecule has 1 aliphatic rings. The minimum absolute atomic E-state index is 0. The van der Waals surface area contributed by atoms with Crippen molar-refractivity contribution in [2.45, 2.75) is 19.8 Å². The average Bonchev–Trinajstić information content (AvgIpc) is 2.76. The number of dihydropyridines is 1. The van der Waals surface area contributed by atoms with Gasteiger partial charge in [-0.3, -0.25) is 10.1 Å². The number of allylic oxidation sites excluding steroid dienone is 2. The topological polar surface area (TPSA) is 119 Å². The number of nitro groups is 1. The summed E-state index contributed by atoms with van der Waals surface area (Å²) in [4.78, 5) is 35.7. The molecule has 1 unspecified atom stereocenters. The molecule has 0 aromatic heterocycles. The van der Waals surface area contributed by atoms with Gasteiger partial charge in [-0.2, -0.15) is 0 Å². The van der Waals surface area contributed by atoms with E-state index in [0.29, 0.717) is 17.0 Å². The molecule has 0 fully saturated rings. The molecule has 33 heavy (non-hydrogen) atoms. The number of carboxylic acids is 1. The van der Waals surface area contributed by atoms with Crippen molar-refractivity contribution in [1.82, 2.24) is 5.32 Å². The Morgan fingerprint density at radius 3 is 2.39 bits per heavy atom. The Kier molecular flexibility index (Phi) is 8.53. The Hall–Kier alpha value is -3.91. The molecule has 172 valence electrons. The first-order valence-electron chi connectivity index (χ1n) is 9.84. The first-order chi connectivity index (χ1) is 15.3. The Bertz CT molecular complexity index is 1150. The maximum Gasteiger partial charge on any atom is 0.337 e. The highest BCUT2D eigenvalue weighted by Gasteiger charge is 2.37. The van der Waals surface area contributed by atoms with E-state index in [-0.39, 0.29) is 35.8 Å². The predicted molar refractivity (Wildman–Crippen MR) is 126 cm³/mol. The molecule has 2 aromatic rings. The van der Waals surface area contributed by atoms with Crippen molar-refractivity contribution < 1.29 is 24.4 Å². The van der Waals surface area contributed by atoms with Gasteiger partial charge < -0.3 is 15.2 Å². The summed E-state index contributed by atoms with van der Waals surface area (Å²) in [7, 11) is 0. The van der Waals surface area contributed by atoms with Crippen LogP contribution in [0.2, 0.25) is 0 Å². The number of esters is 1. The van der Waals surface area contributed by atoms with E-state index < -0.39 is 22.8 Å². The number of carbonyl (C=O) groups excluding carboxylic acids is 1. The van der Waals surface area contributed by atoms with E-state index >= 15 is 0 Å². The Balaban J connectivity index is 0.00000385. The fraction of sp³-hybridized carbons (Fsp3) is 0.167. The van der Waals surface area contributed by atoms with Crippen LogP contribution in [0.15, 0.2) is 83.2 Å². The molecule has 0 amide bonds. The second kappa shape index (κ2) is 11.1. The van der Waals surface area contributed by atoms with Crippen LogP contribution in [0.5, 0.6) is 0 Å². The van der Waals surface area contributed by atoms with E-state index in [9.17, 15) is 24.8 Å². The number of hydrogen-bond donors (Lipinski definition) is 2. The van der Waals surface area contributed by atoms with Crippen LogP contribution in [-0.4, -0.2) is 28.6 Å². The van der Waals surface area contributed by atoms with Gasteiger partial charge in [0.1, 0.15) is 6.61 Å². The minimum atomic E-state index is -1.23. The fourth-order valence-electron chi connectivity index (χ4n) is 3.65. The molecule has 1 heterocycles. The molecular formula is C24H23ClN2O6. The lowest BCUT2D eigenvalue weighted by atomic mass is 9.80. The Labute approximate surface area is 196 Å². The number of halogens is 1. The summed E-state index contributed by atoms with van der Waals surface area (Å²) in [5, 5.41) is 24.0. The first-order valence-corrected chi connectivity index (χ1v) is 9.84. The zero-order chi connectivity index (χ0) is 23.3. The van der Waals surface area contributed by atoms with E-state index in [0.717, 1.165) is 5.56 Å². The van der Waals surface area contributed by atoms with Crippen molar-refractivity contribution >= 4 is 36.1 Å². The van der Waals surface area contributed by atoms with E-state index in [1.165, 1.54) is 18.2 Å². The van der Waals surface area contributed by atoms with Crippen LogP contribution in [-0.2, 0) is 14.3 Å². The van der Waals surface area contributed by atoms with Gasteiger partial charge in [-0.1, -0.05) is 48.5 Å². The molecule has 0 spiro atoms. The molecule has 0 radical (unpaired) electrons. The number of hydrogen-bond acceptors (Lipinski definition) is 6. The lowest BCUT2D eigenvalue weighted by molar-refractivity contribution is -0.384. The normalized spacial score (nSPS) is 15.6. The molecule has 0 saturated carbocycles. The van der Waals surface area contributed by atoms with Crippen molar-refractivity contribution in [3.63, 3.8) is 0 Å². The van der Waals surface area contributed by atoms with Gasteiger partial charge in [0, 0.05) is 23.5 Å². The standard InChI is InChI=1S/C24H22N2O6.ClH/c1-15-20(23(27)28)22(18-11-6-12-19(14-18)26(30)31)21(16(2)25-15)24(29)32-13-7-10-17-8-4-3-5-9-17;/h3-12,14,22,25H,13H2,1-2H3,(H,27,28);1H. The van der Waals surface area contributed by atoms with Gasteiger partial charge in [0.2, 0.25) is 0 Å².